The van der Waals surface area contributed by atoms with Crippen LogP contribution in [0.1, 0.15) is 5.56 Å². The second-order valence-corrected chi connectivity index (χ2v) is 6.00. The normalized spacial score (nSPS) is 10.5. The van der Waals surface area contributed by atoms with Crippen LogP contribution in [0.15, 0.2) is 60.7 Å². The van der Waals surface area contributed by atoms with Gasteiger partial charge in [0.05, 0.1) is 0 Å². The van der Waals surface area contributed by atoms with Gasteiger partial charge in [0.15, 0.2) is 0 Å². The maximum absolute atomic E-state index is 4.69. The second kappa shape index (κ2) is 4.93. The zero-order valence-corrected chi connectivity index (χ0v) is 11.8. The number of nitrogens with zero attached hydrogens (tertiary/aromatic N) is 1. The summed E-state index contributed by atoms with van der Waals surface area (Å²) in [6.07, 6.45) is 0. The van der Waals surface area contributed by atoms with Crippen LogP contribution in [0.25, 0.3) is 21.3 Å². The first kappa shape index (κ1) is 11.5. The van der Waals surface area contributed by atoms with Gasteiger partial charge in [0.25, 0.3) is 0 Å². The molecule has 0 aliphatic carbocycles. The number of hydrogen-bond acceptors (Lipinski definition) is 1. The summed E-state index contributed by atoms with van der Waals surface area (Å²) in [5.74, 6) is 0. The molecule has 0 fully saturated rings. The van der Waals surface area contributed by atoms with Gasteiger partial charge in [-0.15, -0.1) is 0 Å². The van der Waals surface area contributed by atoms with Gasteiger partial charge >= 0.3 is 113 Å². The quantitative estimate of drug-likeness (QED) is 0.656. The van der Waals surface area contributed by atoms with E-state index in [4.69, 9.17) is 3.98 Å². The van der Waals surface area contributed by atoms with Crippen molar-refractivity contribution in [2.45, 2.75) is 6.92 Å². The Hall–Kier alpha value is -1.63. The Morgan fingerprint density at radius 2 is 1.61 bits per heavy atom. The van der Waals surface area contributed by atoms with E-state index in [-0.39, 0.29) is 14.7 Å². The van der Waals surface area contributed by atoms with Gasteiger partial charge in [0.2, 0.25) is 0 Å². The summed E-state index contributed by atoms with van der Waals surface area (Å²) in [4.78, 5) is 0. The Morgan fingerprint density at radius 3 is 2.39 bits per heavy atom. The molecule has 0 aliphatic rings. The molecule has 2 heteroatoms. The minimum atomic E-state index is 0.209. The van der Waals surface area contributed by atoms with Crippen LogP contribution >= 0.6 is 0 Å². The first-order chi connectivity index (χ1) is 8.83. The molecule has 88 valence electrons. The molecule has 0 saturated carbocycles. The van der Waals surface area contributed by atoms with Crippen molar-refractivity contribution in [1.82, 2.24) is 3.98 Å². The molecule has 1 nitrogen and oxygen atoms in total. The van der Waals surface area contributed by atoms with Crippen LogP contribution in [0.3, 0.4) is 0 Å². The third kappa shape index (κ3) is 2.31. The van der Waals surface area contributed by atoms with Crippen LogP contribution in [0.5, 0.6) is 0 Å². The third-order valence-electron chi connectivity index (χ3n) is 2.88. The van der Waals surface area contributed by atoms with E-state index in [1.54, 1.807) is 0 Å². The van der Waals surface area contributed by atoms with Gasteiger partial charge in [-0.25, -0.2) is 0 Å². The topological polar surface area (TPSA) is 12.9 Å². The summed E-state index contributed by atoms with van der Waals surface area (Å²) in [6.45, 7) is 2.12. The van der Waals surface area contributed by atoms with Gasteiger partial charge in [0, 0.05) is 0 Å². The monoisotopic (exact) mass is 299 g/mol. The molecule has 0 radical (unpaired) electrons. The van der Waals surface area contributed by atoms with E-state index in [0.29, 0.717) is 0 Å². The van der Waals surface area contributed by atoms with E-state index in [9.17, 15) is 0 Å². The molecule has 0 aliphatic heterocycles. The molecule has 0 amide bonds. The minimum absolute atomic E-state index is 0.209. The molecule has 18 heavy (non-hydrogen) atoms. The fraction of sp³-hybridized carbons (Fsp3) is 0.0625. The Labute approximate surface area is 113 Å². The number of rotatable bonds is 2. The molecular formula is C16H13NSe. The van der Waals surface area contributed by atoms with Crippen molar-refractivity contribution in [3.05, 3.63) is 66.2 Å². The number of benzene rings is 2. The molecule has 0 N–H and O–H groups in total. The third-order valence-corrected chi connectivity index (χ3v) is 4.64. The molecule has 2 aromatic carbocycles. The van der Waals surface area contributed by atoms with E-state index >= 15 is 0 Å². The molecule has 1 heterocycles. The fourth-order valence-corrected chi connectivity index (χ4v) is 3.55. The Balaban J connectivity index is 2.00. The zero-order valence-electron chi connectivity index (χ0n) is 10.1. The van der Waals surface area contributed by atoms with Crippen molar-refractivity contribution in [1.29, 1.82) is 0 Å². The summed E-state index contributed by atoms with van der Waals surface area (Å²) in [5, 5.41) is 0. The summed E-state index contributed by atoms with van der Waals surface area (Å²) in [6, 6.07) is 21.3. The molecule has 0 spiro atoms. The first-order valence-corrected chi connectivity index (χ1v) is 7.54. The SMILES string of the molecule is Cc1cccc(-c2cc(-c3ccccc3)[se]n2)c1. The van der Waals surface area contributed by atoms with Crippen LogP contribution in [0.2, 0.25) is 0 Å². The van der Waals surface area contributed by atoms with Crippen LogP contribution in [0, 0.1) is 6.92 Å². The van der Waals surface area contributed by atoms with E-state index in [0.717, 1.165) is 5.69 Å². The van der Waals surface area contributed by atoms with Crippen molar-refractivity contribution < 1.29 is 0 Å². The molecule has 0 bridgehead atoms. The van der Waals surface area contributed by atoms with Crippen molar-refractivity contribution in [2.75, 3.05) is 0 Å². The van der Waals surface area contributed by atoms with Gasteiger partial charge in [-0.2, -0.15) is 0 Å². The molecule has 0 saturated heterocycles. The van der Waals surface area contributed by atoms with Gasteiger partial charge in [-0.05, 0) is 0 Å². The fourth-order valence-electron chi connectivity index (χ4n) is 1.95. The zero-order chi connectivity index (χ0) is 12.4. The van der Waals surface area contributed by atoms with Crippen LogP contribution in [-0.4, -0.2) is 18.7 Å². The van der Waals surface area contributed by atoms with Crippen LogP contribution in [0.4, 0.5) is 0 Å². The molecule has 3 rings (SSSR count). The maximum atomic E-state index is 4.69. The average Bonchev–Trinajstić information content (AvgIpc) is 2.89. The van der Waals surface area contributed by atoms with Crippen molar-refractivity contribution in [2.24, 2.45) is 0 Å². The Kier molecular flexibility index (Phi) is 3.14. The van der Waals surface area contributed by atoms with E-state index < -0.39 is 0 Å². The summed E-state index contributed by atoms with van der Waals surface area (Å²) in [7, 11) is 0. The number of aryl methyl sites for hydroxylation is 1. The van der Waals surface area contributed by atoms with E-state index in [1.807, 2.05) is 6.07 Å². The van der Waals surface area contributed by atoms with E-state index in [2.05, 4.69) is 61.5 Å². The summed E-state index contributed by atoms with van der Waals surface area (Å²) in [5.41, 5.74) is 4.92. The van der Waals surface area contributed by atoms with Gasteiger partial charge in [-0.1, -0.05) is 0 Å². The summed E-state index contributed by atoms with van der Waals surface area (Å²) >= 11 is 0.209. The number of hydrogen-bond donors (Lipinski definition) is 0. The first-order valence-electron chi connectivity index (χ1n) is 5.92. The standard InChI is InChI=1S/C16H13NSe/c1-12-6-5-9-14(10-12)15-11-16(18-17-15)13-7-3-2-4-8-13/h2-11H,1H3. The van der Waals surface area contributed by atoms with Crippen LogP contribution in [-0.2, 0) is 0 Å². The van der Waals surface area contributed by atoms with Crippen molar-refractivity contribution in [3.8, 4) is 21.3 Å². The van der Waals surface area contributed by atoms with Gasteiger partial charge in [-0.3, -0.25) is 0 Å². The molecule has 0 unspecified atom stereocenters. The second-order valence-electron chi connectivity index (χ2n) is 4.31. The summed E-state index contributed by atoms with van der Waals surface area (Å²) < 4.78 is 6.05. The van der Waals surface area contributed by atoms with Gasteiger partial charge < -0.3 is 0 Å². The Bertz CT molecular complexity index is 656. The average molecular weight is 298 g/mol. The van der Waals surface area contributed by atoms with Crippen molar-refractivity contribution in [3.63, 3.8) is 0 Å². The predicted molar refractivity (Wildman–Crippen MR) is 76.8 cm³/mol. The van der Waals surface area contributed by atoms with Gasteiger partial charge in [0.1, 0.15) is 0 Å². The molecule has 0 atom stereocenters. The molecule has 3 aromatic rings. The Morgan fingerprint density at radius 1 is 0.833 bits per heavy atom. The van der Waals surface area contributed by atoms with E-state index in [1.165, 1.54) is 21.1 Å². The van der Waals surface area contributed by atoms with Crippen LogP contribution < -0.4 is 0 Å². The number of aromatic nitrogens is 1. The molecular weight excluding hydrogens is 285 g/mol. The predicted octanol–water partition coefficient (Wildman–Crippen LogP) is 3.78. The van der Waals surface area contributed by atoms with Crippen molar-refractivity contribution >= 4 is 14.7 Å². The molecule has 1 aromatic heterocycles.